The van der Waals surface area contributed by atoms with E-state index in [4.69, 9.17) is 53.8 Å². The molecule has 0 aromatic carbocycles. The monoisotopic (exact) mass is 1110 g/mol. The fraction of sp³-hybridized carbons (Fsp3) is 0.156. The van der Waals surface area contributed by atoms with Crippen LogP contribution in [0, 0.1) is 0 Å². The first-order valence-electron chi connectivity index (χ1n) is 21.9. The van der Waals surface area contributed by atoms with E-state index in [-0.39, 0.29) is 87.9 Å². The second kappa shape index (κ2) is 35.8. The quantitative estimate of drug-likeness (QED) is 0.0218. The van der Waals surface area contributed by atoms with Gasteiger partial charge in [0.25, 0.3) is 0 Å². The van der Waals surface area contributed by atoms with Crippen LogP contribution in [0.3, 0.4) is 0 Å². The molecule has 0 bridgehead atoms. The molecule has 0 amide bonds. The molecule has 0 atom stereocenters. The van der Waals surface area contributed by atoms with E-state index < -0.39 is 17.9 Å². The molecule has 403 valence electrons. The van der Waals surface area contributed by atoms with Gasteiger partial charge in [-0.2, -0.15) is 25.5 Å². The van der Waals surface area contributed by atoms with Crippen molar-refractivity contribution in [3.8, 4) is 0 Å². The predicted molar refractivity (Wildman–Crippen MR) is 280 cm³/mol. The summed E-state index contributed by atoms with van der Waals surface area (Å²) in [6.45, 7) is 2.63. The number of methoxy groups -OCH3 is 1. The number of imidazole rings is 5. The molecule has 79 heavy (non-hydrogen) atoms. The number of anilines is 1. The molecule has 0 aliphatic carbocycles. The number of carbonyl (C=O) groups excluding carboxylic acids is 2. The molecule has 31 nitrogen and oxygen atoms in total. The van der Waals surface area contributed by atoms with E-state index in [0.29, 0.717) is 29.8 Å². The Balaban J connectivity index is 0.000000466. The fourth-order valence-corrected chi connectivity index (χ4v) is 5.36. The molecule has 0 unspecified atom stereocenters. The van der Waals surface area contributed by atoms with Gasteiger partial charge in [-0.05, 0) is 85.3 Å². The van der Waals surface area contributed by atoms with Crippen LogP contribution < -0.4 is 41.0 Å². The van der Waals surface area contributed by atoms with Crippen molar-refractivity contribution in [3.63, 3.8) is 0 Å². The molecule has 0 fully saturated rings. The topological polar surface area (TPSA) is 436 Å². The number of hydrogen-bond donors (Lipinski definition) is 6. The van der Waals surface area contributed by atoms with Gasteiger partial charge in [0.2, 0.25) is 0 Å². The van der Waals surface area contributed by atoms with Crippen LogP contribution in [0.15, 0.2) is 140 Å². The van der Waals surface area contributed by atoms with Crippen LogP contribution in [0.4, 0.5) is 5.82 Å². The molecule has 0 spiro atoms. The van der Waals surface area contributed by atoms with Crippen molar-refractivity contribution in [2.75, 3.05) is 25.3 Å². The number of ether oxygens (including phenoxy) is 1. The zero-order valence-electron chi connectivity index (χ0n) is 43.2. The summed E-state index contributed by atoms with van der Waals surface area (Å²) in [5.41, 5.74) is 24.9. The Kier molecular flexibility index (Phi) is 29.8. The normalized spacial score (nSPS) is 9.54. The number of esters is 1. The average molecular weight is 1110 g/mol. The Hall–Kier alpha value is -9.40. The number of carboxylic acids is 2. The van der Waals surface area contributed by atoms with E-state index in [1.165, 1.54) is 34.3 Å². The number of nitrogens with two attached hydrogens (primary N) is 2. The van der Waals surface area contributed by atoms with Crippen molar-refractivity contribution >= 4 is 78.3 Å². The molecule has 11 heterocycles. The average Bonchev–Trinajstić information content (AvgIpc) is 4.34. The van der Waals surface area contributed by atoms with E-state index in [1.54, 1.807) is 113 Å². The Morgan fingerprint density at radius 2 is 1.01 bits per heavy atom. The summed E-state index contributed by atoms with van der Waals surface area (Å²) in [5.74, 6) is -2.27. The van der Waals surface area contributed by atoms with Gasteiger partial charge in [-0.1, -0.05) is 5.11 Å². The largest absolute Gasteiger partial charge is 1.00 e. The Morgan fingerprint density at radius 3 is 1.39 bits per heavy atom. The van der Waals surface area contributed by atoms with Gasteiger partial charge in [-0.25, -0.2) is 61.9 Å². The van der Waals surface area contributed by atoms with E-state index in [2.05, 4.69) is 75.4 Å². The summed E-state index contributed by atoms with van der Waals surface area (Å²) in [7, 11) is 1.32. The van der Waals surface area contributed by atoms with Crippen LogP contribution in [0.2, 0.25) is 0 Å². The van der Waals surface area contributed by atoms with E-state index in [1.807, 2.05) is 24.3 Å². The van der Waals surface area contributed by atoms with Gasteiger partial charge in [-0.3, -0.25) is 0 Å². The number of carbonyl (C=O) groups is 4. The van der Waals surface area contributed by atoms with Crippen LogP contribution >= 0.6 is 11.6 Å². The minimum atomic E-state index is -1.10. The Labute approximate surface area is 476 Å². The van der Waals surface area contributed by atoms with Crippen LogP contribution in [-0.4, -0.2) is 156 Å². The number of alkyl halides is 1. The van der Waals surface area contributed by atoms with Gasteiger partial charge < -0.3 is 42.9 Å². The molecule has 0 aliphatic heterocycles. The van der Waals surface area contributed by atoms with Gasteiger partial charge in [0, 0.05) is 88.4 Å². The maximum absolute atomic E-state index is 11.1. The molecule has 11 rings (SSSR count). The molecule has 11 aromatic rings. The Bertz CT molecular complexity index is 3580. The van der Waals surface area contributed by atoms with Crippen LogP contribution in [-0.2, 0) is 29.2 Å². The van der Waals surface area contributed by atoms with Gasteiger partial charge in [0.1, 0.15) is 12.1 Å². The summed E-state index contributed by atoms with van der Waals surface area (Å²) in [6, 6.07) is 20.0. The molecule has 0 aliphatic rings. The summed E-state index contributed by atoms with van der Waals surface area (Å²) in [5, 5.41) is 63.5. The van der Waals surface area contributed by atoms with E-state index >= 15 is 0 Å². The van der Waals surface area contributed by atoms with Gasteiger partial charge >= 0.3 is 47.5 Å². The summed E-state index contributed by atoms with van der Waals surface area (Å²) in [6.07, 6.45) is 17.4. The second-order valence-corrected chi connectivity index (χ2v) is 14.2. The maximum Gasteiger partial charge on any atom is 1.00 e. The molecule has 11 aromatic heterocycles. The van der Waals surface area contributed by atoms with Crippen molar-refractivity contribution in [1.29, 1.82) is 0 Å². The predicted octanol–water partition coefficient (Wildman–Crippen LogP) is -0.192. The number of fused-ring (bicyclic) bond motifs is 5. The van der Waals surface area contributed by atoms with Gasteiger partial charge in [0.05, 0.1) is 43.2 Å². The summed E-state index contributed by atoms with van der Waals surface area (Å²) >= 11 is 4.82. The Morgan fingerprint density at radius 1 is 0.646 bits per heavy atom. The first-order valence-corrected chi connectivity index (χ1v) is 22.4. The number of rotatable bonds is 8. The number of nitrogen functional groups attached to an aromatic ring is 1. The third-order valence-electron chi connectivity index (χ3n) is 8.69. The SMILES string of the molecule is CCO.COC(=O)c1ccc2nccn2n1.NCc1ccc2nccn2n1.Nc1ccc(C(=O)O)nn1.O=C(O)c1ccc2nccn2n1.O=CCCl.OCc1ccc2nccn2n1.[B].[H-].[N-]=[N+]=NCc1ccc2nccn2n1.[Na+]. The maximum atomic E-state index is 11.1. The van der Waals surface area contributed by atoms with Crippen molar-refractivity contribution in [2.45, 2.75) is 26.6 Å². The third kappa shape index (κ3) is 21.6. The minimum Gasteiger partial charge on any atom is -1.00 e. The molecule has 8 N–H and O–H groups in total. The number of aliphatic hydroxyl groups is 2. The van der Waals surface area contributed by atoms with E-state index in [9.17, 15) is 14.4 Å². The number of nitrogens with zero attached hydrogens (tertiary/aromatic N) is 20. The third-order valence-corrected chi connectivity index (χ3v) is 8.82. The zero-order valence-corrected chi connectivity index (χ0v) is 45.0. The van der Waals surface area contributed by atoms with Crippen LogP contribution in [0.1, 0.15) is 56.9 Å². The standard InChI is InChI=1S/C8H7N3O2.C7H6N6.C7H8N4.C7H5N3O2.C7H7N3O.C5H5N3O2.C2H3ClO.C2H6O.B.Na.H/c1-13-8(12)6-2-3-7-9-4-5-11(7)10-6;8-12-10-5-6-1-2-7-9-3-4-13(7)11-6;8-5-6-1-2-7-9-3-4-11(7)10-6;11-7(12)5-1-2-6-8-3-4-10(6)9-5;11-5-6-1-2-7-8-3-4-10(7)9-6;6-4-2-1-3(5(9)10)7-8-4;3-1-2-4;1-2-3;;;/h2-5H,1H3;1-4H,5H2;1-4H,5,8H2;1-4H,(H,11,12);1-4,11H,5H2;1-2H,(H2,6,8)(H,9,10);2H,1H2;3H,2H2,1H3;;;/q;;;;;;;;;+1;-1. The number of aromatic nitrogens is 17. The first-order chi connectivity index (χ1) is 37.3. The van der Waals surface area contributed by atoms with Gasteiger partial charge in [0.15, 0.2) is 45.3 Å². The molecule has 34 heteroatoms. The van der Waals surface area contributed by atoms with Gasteiger partial charge in [-0.15, -0.1) is 21.8 Å². The van der Waals surface area contributed by atoms with Crippen molar-refractivity contribution < 1.29 is 75.3 Å². The minimum absolute atomic E-state index is 0. The van der Waals surface area contributed by atoms with E-state index in [0.717, 1.165) is 28.3 Å². The molecular weight excluding hydrogens is 1060 g/mol. The number of aromatic carboxylic acids is 2. The summed E-state index contributed by atoms with van der Waals surface area (Å²) < 4.78 is 12.4. The van der Waals surface area contributed by atoms with Crippen molar-refractivity contribution in [1.82, 2.24) is 83.2 Å². The number of carboxylic acid groups (broad SMARTS) is 2. The smallest absolute Gasteiger partial charge is 1.00 e. The number of aldehydes is 1. The zero-order chi connectivity index (χ0) is 56.0. The fourth-order valence-electron chi connectivity index (χ4n) is 5.36. The first kappa shape index (κ1) is 65.7. The number of aliphatic hydroxyl groups excluding tert-OH is 2. The number of azide groups is 1. The number of halogens is 1. The van der Waals surface area contributed by atoms with Crippen LogP contribution in [0.5, 0.6) is 0 Å². The second-order valence-electron chi connectivity index (χ2n) is 13.9. The molecule has 0 saturated carbocycles. The molecule has 3 radical (unpaired) electrons. The van der Waals surface area contributed by atoms with Crippen LogP contribution in [0.25, 0.3) is 38.7 Å². The molecule has 0 saturated heterocycles. The van der Waals surface area contributed by atoms with Crippen molar-refractivity contribution in [2.24, 2.45) is 10.8 Å². The number of hydrogen-bond acceptors (Lipinski definition) is 22. The van der Waals surface area contributed by atoms with Crippen molar-refractivity contribution in [3.05, 3.63) is 179 Å². The summed E-state index contributed by atoms with van der Waals surface area (Å²) in [4.78, 5) is 63.4. The molecular formula is C45H48BClN22NaO9.